The third kappa shape index (κ3) is 3.85. The van der Waals surface area contributed by atoms with Crippen molar-refractivity contribution >= 4 is 21.6 Å². The molecule has 0 saturated carbocycles. The fourth-order valence-electron chi connectivity index (χ4n) is 2.66. The fourth-order valence-corrected chi connectivity index (χ4v) is 4.13. The summed E-state index contributed by atoms with van der Waals surface area (Å²) in [5, 5.41) is 16.7. The van der Waals surface area contributed by atoms with Gasteiger partial charge >= 0.3 is 0 Å². The largest absolute Gasteiger partial charge is 0.335 e. The highest BCUT2D eigenvalue weighted by molar-refractivity contribution is 7.89. The second-order valence-electron chi connectivity index (χ2n) is 5.76. The van der Waals surface area contributed by atoms with Crippen LogP contribution in [-0.2, 0) is 10.0 Å². The Morgan fingerprint density at radius 3 is 2.44 bits per heavy atom. The molecule has 2 heterocycles. The summed E-state index contributed by atoms with van der Waals surface area (Å²) >= 11 is 0. The van der Waals surface area contributed by atoms with Gasteiger partial charge in [-0.25, -0.2) is 13.5 Å². The lowest BCUT2D eigenvalue weighted by Crippen LogP contribution is -2.50. The Bertz CT molecular complexity index is 1020. The number of nitrogens with zero attached hydrogens (tertiary/aromatic N) is 4. The normalized spacial score (nSPS) is 15.5. The quantitative estimate of drug-likeness (QED) is 0.560. The standard InChI is InChI=1S/C15H15N5O6S/c21-14-5-4-13(16-17-14)15(22)18-6-8-19(9-7-18)27(25,26)12-3-1-2-11(10-12)20(23)24/h1-5,10H,6-9H2,(H,17,21). The van der Waals surface area contributed by atoms with Gasteiger partial charge in [0, 0.05) is 44.4 Å². The number of carbonyl (C=O) groups is 1. The van der Waals surface area contributed by atoms with Crippen molar-refractivity contribution in [1.82, 2.24) is 19.4 Å². The first kappa shape index (κ1) is 18.7. The van der Waals surface area contributed by atoms with Crippen molar-refractivity contribution in [3.05, 3.63) is 62.6 Å². The lowest BCUT2D eigenvalue weighted by molar-refractivity contribution is -0.385. The predicted molar refractivity (Wildman–Crippen MR) is 92.6 cm³/mol. The first-order chi connectivity index (χ1) is 12.8. The molecule has 0 spiro atoms. The molecule has 142 valence electrons. The summed E-state index contributed by atoms with van der Waals surface area (Å²) in [5.41, 5.74) is -0.682. The highest BCUT2D eigenvalue weighted by Gasteiger charge is 2.31. The van der Waals surface area contributed by atoms with E-state index in [1.165, 1.54) is 39.5 Å². The van der Waals surface area contributed by atoms with E-state index in [0.717, 1.165) is 6.07 Å². The molecule has 0 radical (unpaired) electrons. The van der Waals surface area contributed by atoms with Gasteiger partial charge < -0.3 is 4.90 Å². The number of nitro groups is 1. The summed E-state index contributed by atoms with van der Waals surface area (Å²) in [4.78, 5) is 34.8. The number of aromatic amines is 1. The van der Waals surface area contributed by atoms with Crippen molar-refractivity contribution < 1.29 is 18.1 Å². The van der Waals surface area contributed by atoms with Crippen LogP contribution >= 0.6 is 0 Å². The van der Waals surface area contributed by atoms with Crippen LogP contribution in [0.15, 0.2) is 46.1 Å². The second-order valence-corrected chi connectivity index (χ2v) is 7.70. The molecule has 2 aromatic rings. The number of amides is 1. The first-order valence-corrected chi connectivity index (χ1v) is 9.32. The number of benzene rings is 1. The molecule has 0 atom stereocenters. The minimum absolute atomic E-state index is 0.0418. The molecule has 0 bridgehead atoms. The van der Waals surface area contributed by atoms with Gasteiger partial charge in [-0.1, -0.05) is 6.07 Å². The average molecular weight is 393 g/mol. The zero-order valence-electron chi connectivity index (χ0n) is 13.9. The molecular formula is C15H15N5O6S. The van der Waals surface area contributed by atoms with Crippen LogP contribution < -0.4 is 5.56 Å². The van der Waals surface area contributed by atoms with Crippen molar-refractivity contribution in [3.8, 4) is 0 Å². The Balaban J connectivity index is 1.72. The highest BCUT2D eigenvalue weighted by Crippen LogP contribution is 2.22. The number of aromatic nitrogens is 2. The molecule has 1 aliphatic rings. The van der Waals surface area contributed by atoms with E-state index in [1.54, 1.807) is 0 Å². The van der Waals surface area contributed by atoms with Gasteiger partial charge in [-0.3, -0.25) is 19.7 Å². The van der Waals surface area contributed by atoms with Gasteiger partial charge in [0.05, 0.1) is 9.82 Å². The maximum Gasteiger partial charge on any atom is 0.274 e. The molecule has 0 aliphatic carbocycles. The Morgan fingerprint density at radius 2 is 1.85 bits per heavy atom. The summed E-state index contributed by atoms with van der Waals surface area (Å²) in [6, 6.07) is 7.32. The summed E-state index contributed by atoms with van der Waals surface area (Å²) < 4.78 is 26.6. The van der Waals surface area contributed by atoms with Gasteiger partial charge in [0.25, 0.3) is 17.2 Å². The number of hydrogen-bond acceptors (Lipinski definition) is 7. The molecule has 1 saturated heterocycles. The topological polar surface area (TPSA) is 147 Å². The van der Waals surface area contributed by atoms with Crippen LogP contribution in [0.25, 0.3) is 0 Å². The highest BCUT2D eigenvalue weighted by atomic mass is 32.2. The molecule has 12 heteroatoms. The maximum absolute atomic E-state index is 12.7. The zero-order chi connectivity index (χ0) is 19.6. The summed E-state index contributed by atoms with van der Waals surface area (Å²) in [7, 11) is -3.91. The molecule has 27 heavy (non-hydrogen) atoms. The number of piperazine rings is 1. The first-order valence-electron chi connectivity index (χ1n) is 7.88. The van der Waals surface area contributed by atoms with E-state index in [9.17, 15) is 28.1 Å². The van der Waals surface area contributed by atoms with E-state index in [2.05, 4.69) is 10.2 Å². The number of nitrogens with one attached hydrogen (secondary N) is 1. The molecule has 1 aromatic heterocycles. The van der Waals surface area contributed by atoms with Gasteiger partial charge in [-0.05, 0) is 12.1 Å². The Morgan fingerprint density at radius 1 is 1.15 bits per heavy atom. The fraction of sp³-hybridized carbons (Fsp3) is 0.267. The van der Waals surface area contributed by atoms with Crippen molar-refractivity contribution in [2.24, 2.45) is 0 Å². The van der Waals surface area contributed by atoms with E-state index in [1.807, 2.05) is 0 Å². The van der Waals surface area contributed by atoms with Crippen molar-refractivity contribution in [2.45, 2.75) is 4.90 Å². The van der Waals surface area contributed by atoms with E-state index in [-0.39, 0.29) is 42.5 Å². The summed E-state index contributed by atoms with van der Waals surface area (Å²) in [6.07, 6.45) is 0. The van der Waals surface area contributed by atoms with Crippen LogP contribution in [0.3, 0.4) is 0 Å². The number of nitro benzene ring substituents is 1. The minimum atomic E-state index is -3.91. The molecule has 0 unspecified atom stereocenters. The van der Waals surface area contributed by atoms with Gasteiger partial charge in [0.2, 0.25) is 10.0 Å². The van der Waals surface area contributed by atoms with Gasteiger partial charge in [-0.15, -0.1) is 0 Å². The number of H-pyrrole nitrogens is 1. The van der Waals surface area contributed by atoms with E-state index in [4.69, 9.17) is 0 Å². The van der Waals surface area contributed by atoms with Crippen molar-refractivity contribution in [3.63, 3.8) is 0 Å². The van der Waals surface area contributed by atoms with Crippen LogP contribution in [-0.4, -0.2) is 64.8 Å². The molecule has 1 amide bonds. The molecule has 1 N–H and O–H groups in total. The van der Waals surface area contributed by atoms with Crippen LogP contribution in [0.2, 0.25) is 0 Å². The second kappa shape index (κ2) is 7.25. The van der Waals surface area contributed by atoms with Crippen molar-refractivity contribution in [1.29, 1.82) is 0 Å². The third-order valence-electron chi connectivity index (χ3n) is 4.09. The minimum Gasteiger partial charge on any atom is -0.335 e. The Kier molecular flexibility index (Phi) is 5.01. The number of rotatable bonds is 4. The molecule has 1 aromatic carbocycles. The molecular weight excluding hydrogens is 378 g/mol. The maximum atomic E-state index is 12.7. The summed E-state index contributed by atoms with van der Waals surface area (Å²) in [6.45, 7) is 0.349. The van der Waals surface area contributed by atoms with Gasteiger partial charge in [-0.2, -0.15) is 9.40 Å². The number of sulfonamides is 1. The summed E-state index contributed by atoms with van der Waals surface area (Å²) in [5.74, 6) is -0.418. The lowest BCUT2D eigenvalue weighted by Gasteiger charge is -2.33. The monoisotopic (exact) mass is 393 g/mol. The lowest BCUT2D eigenvalue weighted by atomic mass is 10.3. The average Bonchev–Trinajstić information content (AvgIpc) is 2.68. The van der Waals surface area contributed by atoms with Gasteiger partial charge in [0.15, 0.2) is 0 Å². The Hall–Kier alpha value is -3.12. The Labute approximate surface area is 153 Å². The molecule has 11 nitrogen and oxygen atoms in total. The van der Waals surface area contributed by atoms with E-state index < -0.39 is 26.4 Å². The molecule has 3 rings (SSSR count). The van der Waals surface area contributed by atoms with E-state index in [0.29, 0.717) is 0 Å². The smallest absolute Gasteiger partial charge is 0.274 e. The molecule has 1 aliphatic heterocycles. The zero-order valence-corrected chi connectivity index (χ0v) is 14.8. The van der Waals surface area contributed by atoms with Crippen LogP contribution in [0.1, 0.15) is 10.5 Å². The van der Waals surface area contributed by atoms with Crippen LogP contribution in [0.4, 0.5) is 5.69 Å². The van der Waals surface area contributed by atoms with Crippen LogP contribution in [0.5, 0.6) is 0 Å². The third-order valence-corrected chi connectivity index (χ3v) is 5.98. The molecule has 1 fully saturated rings. The number of hydrogen-bond donors (Lipinski definition) is 1. The number of non-ortho nitro benzene ring substituents is 1. The van der Waals surface area contributed by atoms with Gasteiger partial charge in [0.1, 0.15) is 5.69 Å². The SMILES string of the molecule is O=C(c1ccc(=O)[nH]n1)N1CCN(S(=O)(=O)c2cccc([N+](=O)[O-])c2)CC1. The van der Waals surface area contributed by atoms with E-state index >= 15 is 0 Å². The predicted octanol–water partition coefficient (Wildman–Crippen LogP) is -0.175. The number of carbonyl (C=O) groups excluding carboxylic acids is 1. The van der Waals surface area contributed by atoms with Crippen LogP contribution in [0, 0.1) is 10.1 Å². The van der Waals surface area contributed by atoms with Crippen molar-refractivity contribution in [2.75, 3.05) is 26.2 Å².